The lowest BCUT2D eigenvalue weighted by Crippen LogP contribution is -2.25. The zero-order valence-corrected chi connectivity index (χ0v) is 15.5. The SMILES string of the molecule is CCOC(=O)c1c(NC(=O)C2CCCCC2)sc2c1CC(C)CC2. The van der Waals surface area contributed by atoms with E-state index >= 15 is 0 Å². The fraction of sp³-hybridized carbons (Fsp3) is 0.684. The molecule has 2 aliphatic rings. The van der Waals surface area contributed by atoms with Gasteiger partial charge in [-0.15, -0.1) is 11.3 Å². The molecule has 0 radical (unpaired) electrons. The predicted molar refractivity (Wildman–Crippen MR) is 96.7 cm³/mol. The summed E-state index contributed by atoms with van der Waals surface area (Å²) < 4.78 is 5.27. The minimum absolute atomic E-state index is 0.0758. The van der Waals surface area contributed by atoms with Gasteiger partial charge in [0, 0.05) is 10.8 Å². The van der Waals surface area contributed by atoms with E-state index < -0.39 is 0 Å². The van der Waals surface area contributed by atoms with Crippen molar-refractivity contribution in [2.45, 2.75) is 65.2 Å². The standard InChI is InChI=1S/C19H27NO3S/c1-3-23-19(22)16-14-11-12(2)9-10-15(14)24-18(16)20-17(21)13-7-5-4-6-8-13/h12-13H,3-11H2,1-2H3,(H,20,21). The molecular formula is C19H27NO3S. The lowest BCUT2D eigenvalue weighted by molar-refractivity contribution is -0.120. The van der Waals surface area contributed by atoms with Crippen molar-refractivity contribution in [3.8, 4) is 0 Å². The van der Waals surface area contributed by atoms with E-state index in [4.69, 9.17) is 4.74 Å². The average Bonchev–Trinajstić information content (AvgIpc) is 2.93. The number of thiophene rings is 1. The summed E-state index contributed by atoms with van der Waals surface area (Å²) in [5, 5.41) is 3.78. The molecule has 1 heterocycles. The van der Waals surface area contributed by atoms with E-state index in [-0.39, 0.29) is 17.8 Å². The maximum atomic E-state index is 12.6. The Labute approximate surface area is 148 Å². The first kappa shape index (κ1) is 17.5. The summed E-state index contributed by atoms with van der Waals surface area (Å²) in [5.74, 6) is 0.448. The van der Waals surface area contributed by atoms with Crippen LogP contribution < -0.4 is 5.32 Å². The molecule has 0 bridgehead atoms. The maximum Gasteiger partial charge on any atom is 0.341 e. The first-order valence-electron chi connectivity index (χ1n) is 9.22. The number of aryl methyl sites for hydroxylation is 1. The smallest absolute Gasteiger partial charge is 0.341 e. The summed E-state index contributed by atoms with van der Waals surface area (Å²) in [5.41, 5.74) is 1.73. The van der Waals surface area contributed by atoms with Crippen LogP contribution in [0.5, 0.6) is 0 Å². The van der Waals surface area contributed by atoms with Crippen molar-refractivity contribution in [3.63, 3.8) is 0 Å². The van der Waals surface area contributed by atoms with Crippen molar-refractivity contribution >= 4 is 28.2 Å². The number of carbonyl (C=O) groups is 2. The Morgan fingerprint density at radius 1 is 1.21 bits per heavy atom. The van der Waals surface area contributed by atoms with Crippen LogP contribution in [0, 0.1) is 11.8 Å². The summed E-state index contributed by atoms with van der Waals surface area (Å²) >= 11 is 1.58. The molecule has 0 aromatic carbocycles. The second-order valence-electron chi connectivity index (χ2n) is 7.10. The Balaban J connectivity index is 1.86. The van der Waals surface area contributed by atoms with Crippen molar-refractivity contribution < 1.29 is 14.3 Å². The van der Waals surface area contributed by atoms with Gasteiger partial charge >= 0.3 is 5.97 Å². The van der Waals surface area contributed by atoms with Crippen LogP contribution in [0.4, 0.5) is 5.00 Å². The van der Waals surface area contributed by atoms with Gasteiger partial charge in [0.2, 0.25) is 5.91 Å². The summed E-state index contributed by atoms with van der Waals surface area (Å²) in [6.45, 7) is 4.39. The van der Waals surface area contributed by atoms with E-state index in [1.165, 1.54) is 11.3 Å². The van der Waals surface area contributed by atoms with Crippen LogP contribution in [0.1, 0.15) is 73.2 Å². The number of amides is 1. The summed E-state index contributed by atoms with van der Waals surface area (Å²) in [4.78, 5) is 26.4. The topological polar surface area (TPSA) is 55.4 Å². The number of esters is 1. The van der Waals surface area contributed by atoms with Crippen LogP contribution in [-0.2, 0) is 22.4 Å². The predicted octanol–water partition coefficient (Wildman–Crippen LogP) is 4.57. The van der Waals surface area contributed by atoms with Gasteiger partial charge in [0.05, 0.1) is 12.2 Å². The molecule has 1 N–H and O–H groups in total. The third kappa shape index (κ3) is 3.66. The molecule has 1 fully saturated rings. The van der Waals surface area contributed by atoms with Crippen molar-refractivity contribution in [1.82, 2.24) is 0 Å². The highest BCUT2D eigenvalue weighted by atomic mass is 32.1. The monoisotopic (exact) mass is 349 g/mol. The van der Waals surface area contributed by atoms with Gasteiger partial charge in [-0.3, -0.25) is 4.79 Å². The highest BCUT2D eigenvalue weighted by molar-refractivity contribution is 7.17. The van der Waals surface area contributed by atoms with Crippen LogP contribution in [0.25, 0.3) is 0 Å². The number of fused-ring (bicyclic) bond motifs is 1. The van der Waals surface area contributed by atoms with Gasteiger partial charge in [-0.25, -0.2) is 4.79 Å². The lowest BCUT2D eigenvalue weighted by atomic mass is 9.87. The second kappa shape index (κ2) is 7.68. The van der Waals surface area contributed by atoms with Gasteiger partial charge in [-0.1, -0.05) is 26.2 Å². The number of carbonyl (C=O) groups excluding carboxylic acids is 2. The van der Waals surface area contributed by atoms with Gasteiger partial charge < -0.3 is 10.1 Å². The molecule has 0 spiro atoms. The maximum absolute atomic E-state index is 12.6. The molecule has 1 aromatic heterocycles. The molecule has 1 aromatic rings. The summed E-state index contributed by atoms with van der Waals surface area (Å²) in [6, 6.07) is 0. The molecule has 24 heavy (non-hydrogen) atoms. The van der Waals surface area contributed by atoms with Crippen molar-refractivity contribution in [2.75, 3.05) is 11.9 Å². The molecule has 1 amide bonds. The van der Waals surface area contributed by atoms with Crippen molar-refractivity contribution in [1.29, 1.82) is 0 Å². The van der Waals surface area contributed by atoms with Gasteiger partial charge in [0.1, 0.15) is 5.00 Å². The summed E-state index contributed by atoms with van der Waals surface area (Å²) in [6.07, 6.45) is 8.44. The Hall–Kier alpha value is -1.36. The fourth-order valence-electron chi connectivity index (χ4n) is 3.84. The van der Waals surface area contributed by atoms with Gasteiger partial charge in [0.15, 0.2) is 0 Å². The summed E-state index contributed by atoms with van der Waals surface area (Å²) in [7, 11) is 0. The largest absolute Gasteiger partial charge is 0.462 e. The Morgan fingerprint density at radius 2 is 1.96 bits per heavy atom. The number of hydrogen-bond donors (Lipinski definition) is 1. The number of rotatable bonds is 4. The Morgan fingerprint density at radius 3 is 2.67 bits per heavy atom. The van der Waals surface area contributed by atoms with Crippen LogP contribution in [-0.4, -0.2) is 18.5 Å². The van der Waals surface area contributed by atoms with Crippen LogP contribution in [0.2, 0.25) is 0 Å². The van der Waals surface area contributed by atoms with E-state index in [2.05, 4.69) is 12.2 Å². The molecule has 2 aliphatic carbocycles. The third-order valence-corrected chi connectivity index (χ3v) is 6.41. The molecule has 132 valence electrons. The number of nitrogens with one attached hydrogen (secondary N) is 1. The quantitative estimate of drug-likeness (QED) is 0.810. The molecule has 0 aliphatic heterocycles. The van der Waals surface area contributed by atoms with Gasteiger partial charge in [-0.2, -0.15) is 0 Å². The van der Waals surface area contributed by atoms with Crippen LogP contribution in [0.15, 0.2) is 0 Å². The van der Waals surface area contributed by atoms with Crippen molar-refractivity contribution in [3.05, 3.63) is 16.0 Å². The molecule has 1 atom stereocenters. The van der Waals surface area contributed by atoms with Crippen LogP contribution >= 0.6 is 11.3 Å². The minimum atomic E-state index is -0.289. The van der Waals surface area contributed by atoms with Gasteiger partial charge in [-0.05, 0) is 50.5 Å². The first-order chi connectivity index (χ1) is 11.6. The Kier molecular flexibility index (Phi) is 5.59. The zero-order chi connectivity index (χ0) is 17.1. The third-order valence-electron chi connectivity index (χ3n) is 5.20. The minimum Gasteiger partial charge on any atom is -0.462 e. The van der Waals surface area contributed by atoms with Gasteiger partial charge in [0.25, 0.3) is 0 Å². The number of anilines is 1. The normalized spacial score (nSPS) is 21.2. The number of hydrogen-bond acceptors (Lipinski definition) is 4. The highest BCUT2D eigenvalue weighted by Crippen LogP contribution is 2.40. The van der Waals surface area contributed by atoms with E-state index in [0.717, 1.165) is 50.5 Å². The molecule has 1 unspecified atom stereocenters. The molecular weight excluding hydrogens is 322 g/mol. The Bertz CT molecular complexity index is 616. The average molecular weight is 349 g/mol. The van der Waals surface area contributed by atoms with Crippen LogP contribution in [0.3, 0.4) is 0 Å². The molecule has 5 heteroatoms. The highest BCUT2D eigenvalue weighted by Gasteiger charge is 2.30. The molecule has 4 nitrogen and oxygen atoms in total. The lowest BCUT2D eigenvalue weighted by Gasteiger charge is -2.21. The molecule has 3 rings (SSSR count). The zero-order valence-electron chi connectivity index (χ0n) is 14.7. The van der Waals surface area contributed by atoms with E-state index in [1.54, 1.807) is 11.3 Å². The molecule has 0 saturated heterocycles. The fourth-order valence-corrected chi connectivity index (χ4v) is 5.08. The second-order valence-corrected chi connectivity index (χ2v) is 8.21. The first-order valence-corrected chi connectivity index (χ1v) is 10.0. The van der Waals surface area contributed by atoms with E-state index in [9.17, 15) is 9.59 Å². The number of ether oxygens (including phenoxy) is 1. The molecule has 1 saturated carbocycles. The van der Waals surface area contributed by atoms with E-state index in [0.29, 0.717) is 23.1 Å². The van der Waals surface area contributed by atoms with Crippen molar-refractivity contribution in [2.24, 2.45) is 11.8 Å². The van der Waals surface area contributed by atoms with E-state index in [1.807, 2.05) is 6.92 Å².